The number of thioether (sulfide) groups is 1. The quantitative estimate of drug-likeness (QED) is 0.603. The van der Waals surface area contributed by atoms with Crippen LogP contribution in [0.4, 0.5) is 0 Å². The molecule has 2 aromatic rings. The van der Waals surface area contributed by atoms with Crippen molar-refractivity contribution in [2.75, 3.05) is 11.6 Å². The number of halogens is 2. The van der Waals surface area contributed by atoms with E-state index in [1.165, 1.54) is 11.5 Å². The lowest BCUT2D eigenvalue weighted by Crippen LogP contribution is -2.23. The van der Waals surface area contributed by atoms with E-state index in [1.54, 1.807) is 23.9 Å². The van der Waals surface area contributed by atoms with Crippen molar-refractivity contribution in [1.29, 1.82) is 0 Å². The molecular weight excluding hydrogens is 382 g/mol. The van der Waals surface area contributed by atoms with Crippen LogP contribution in [0.5, 0.6) is 0 Å². The van der Waals surface area contributed by atoms with Crippen LogP contribution in [0.15, 0.2) is 33.1 Å². The lowest BCUT2D eigenvalue weighted by molar-refractivity contribution is 0.0950. The molecule has 0 atom stereocenters. The van der Waals surface area contributed by atoms with Crippen LogP contribution in [0, 0.1) is 0 Å². The number of carbonyl (C=O) groups excluding carboxylic acids is 1. The van der Waals surface area contributed by atoms with Gasteiger partial charge in [0.1, 0.15) is 0 Å². The third-order valence-corrected chi connectivity index (χ3v) is 5.08. The molecule has 1 aromatic carbocycles. The van der Waals surface area contributed by atoms with Crippen LogP contribution in [0.2, 0.25) is 0 Å². The largest absolute Gasteiger partial charge is 0.345 e. The fraction of sp³-hybridized carbons (Fsp3) is 0.250. The minimum Gasteiger partial charge on any atom is -0.345 e. The van der Waals surface area contributed by atoms with Gasteiger partial charge in [-0.15, -0.1) is 11.6 Å². The zero-order valence-electron chi connectivity index (χ0n) is 10.3. The van der Waals surface area contributed by atoms with Crippen molar-refractivity contribution in [2.24, 2.45) is 0 Å². The van der Waals surface area contributed by atoms with Crippen molar-refractivity contribution >= 4 is 56.7 Å². The fourth-order valence-electron chi connectivity index (χ4n) is 1.36. The summed E-state index contributed by atoms with van der Waals surface area (Å²) in [6, 6.07) is 7.18. The molecule has 0 aliphatic carbocycles. The van der Waals surface area contributed by atoms with Gasteiger partial charge >= 0.3 is 0 Å². The van der Waals surface area contributed by atoms with Crippen molar-refractivity contribution in [3.05, 3.63) is 40.1 Å². The standard InChI is InChI=1S/C12H11BrClN3OS2/c13-9-3-1-8(2-4-9)11(18)15-7-10-16-12(20-17-10)19-6-5-14/h1-4H,5-7H2,(H,15,18). The Hall–Kier alpha value is -0.630. The van der Waals surface area contributed by atoms with Crippen molar-refractivity contribution < 1.29 is 4.79 Å². The molecule has 4 nitrogen and oxygen atoms in total. The first-order chi connectivity index (χ1) is 9.69. The Morgan fingerprint density at radius 1 is 1.40 bits per heavy atom. The third kappa shape index (κ3) is 4.73. The lowest BCUT2D eigenvalue weighted by atomic mass is 10.2. The maximum absolute atomic E-state index is 11.9. The molecule has 106 valence electrons. The maximum atomic E-state index is 11.9. The molecule has 0 saturated carbocycles. The number of rotatable bonds is 6. The highest BCUT2D eigenvalue weighted by Gasteiger charge is 2.08. The van der Waals surface area contributed by atoms with Gasteiger partial charge in [-0.25, -0.2) is 4.98 Å². The number of hydrogen-bond acceptors (Lipinski definition) is 5. The molecule has 0 aliphatic rings. The van der Waals surface area contributed by atoms with E-state index in [4.69, 9.17) is 11.6 Å². The van der Waals surface area contributed by atoms with E-state index in [0.29, 0.717) is 23.8 Å². The predicted octanol–water partition coefficient (Wildman–Crippen LogP) is 3.56. The van der Waals surface area contributed by atoms with Crippen LogP contribution in [-0.2, 0) is 6.54 Å². The normalized spacial score (nSPS) is 10.5. The van der Waals surface area contributed by atoms with E-state index in [1.807, 2.05) is 12.1 Å². The van der Waals surface area contributed by atoms with Crippen LogP contribution < -0.4 is 5.32 Å². The lowest BCUT2D eigenvalue weighted by Gasteiger charge is -2.02. The Bertz CT molecular complexity index is 576. The van der Waals surface area contributed by atoms with E-state index in [-0.39, 0.29) is 5.91 Å². The van der Waals surface area contributed by atoms with E-state index in [0.717, 1.165) is 14.6 Å². The molecule has 0 aliphatic heterocycles. The third-order valence-electron chi connectivity index (χ3n) is 2.27. The van der Waals surface area contributed by atoms with Gasteiger partial charge in [0, 0.05) is 21.7 Å². The average molecular weight is 393 g/mol. The molecule has 8 heteroatoms. The summed E-state index contributed by atoms with van der Waals surface area (Å²) in [6.07, 6.45) is 0. The summed E-state index contributed by atoms with van der Waals surface area (Å²) in [4.78, 5) is 16.2. The van der Waals surface area contributed by atoms with Crippen LogP contribution in [0.25, 0.3) is 0 Å². The Morgan fingerprint density at radius 2 is 2.15 bits per heavy atom. The summed E-state index contributed by atoms with van der Waals surface area (Å²) >= 11 is 11.8. The van der Waals surface area contributed by atoms with Crippen LogP contribution >= 0.6 is 50.8 Å². The van der Waals surface area contributed by atoms with Gasteiger partial charge in [0.25, 0.3) is 5.91 Å². The zero-order chi connectivity index (χ0) is 14.4. The molecule has 1 heterocycles. The number of nitrogens with one attached hydrogen (secondary N) is 1. The SMILES string of the molecule is O=C(NCc1nsc(SCCCl)n1)c1ccc(Br)cc1. The van der Waals surface area contributed by atoms with Crippen molar-refractivity contribution in [3.63, 3.8) is 0 Å². The number of aromatic nitrogens is 2. The highest BCUT2D eigenvalue weighted by molar-refractivity contribution is 9.10. The Labute approximate surface area is 138 Å². The summed E-state index contributed by atoms with van der Waals surface area (Å²) in [5.74, 6) is 1.88. The predicted molar refractivity (Wildman–Crippen MR) is 86.7 cm³/mol. The second kappa shape index (κ2) is 7.97. The molecule has 0 unspecified atom stereocenters. The van der Waals surface area contributed by atoms with Crippen LogP contribution in [0.3, 0.4) is 0 Å². The molecule has 0 saturated heterocycles. The van der Waals surface area contributed by atoms with E-state index < -0.39 is 0 Å². The molecule has 20 heavy (non-hydrogen) atoms. The van der Waals surface area contributed by atoms with Gasteiger partial charge in [0.15, 0.2) is 10.2 Å². The second-order valence-corrected chi connectivity index (χ2v) is 7.09. The van der Waals surface area contributed by atoms with E-state index >= 15 is 0 Å². The first-order valence-electron chi connectivity index (χ1n) is 5.74. The van der Waals surface area contributed by atoms with Gasteiger partial charge in [0.05, 0.1) is 6.54 Å². The van der Waals surface area contributed by atoms with Gasteiger partial charge in [-0.05, 0) is 35.8 Å². The number of hydrogen-bond donors (Lipinski definition) is 1. The number of benzene rings is 1. The number of carbonyl (C=O) groups is 1. The van der Waals surface area contributed by atoms with Gasteiger partial charge in [-0.2, -0.15) is 4.37 Å². The number of alkyl halides is 1. The topological polar surface area (TPSA) is 54.9 Å². The van der Waals surface area contributed by atoms with Gasteiger partial charge in [0.2, 0.25) is 0 Å². The first kappa shape index (κ1) is 15.8. The minimum atomic E-state index is -0.137. The molecule has 0 radical (unpaired) electrons. The first-order valence-corrected chi connectivity index (χ1v) is 8.83. The summed E-state index contributed by atoms with van der Waals surface area (Å²) in [6.45, 7) is 0.326. The van der Waals surface area contributed by atoms with E-state index in [2.05, 4.69) is 30.6 Å². The molecule has 0 fully saturated rings. The Morgan fingerprint density at radius 3 is 2.85 bits per heavy atom. The zero-order valence-corrected chi connectivity index (χ0v) is 14.3. The molecule has 1 aromatic heterocycles. The van der Waals surface area contributed by atoms with Crippen LogP contribution in [0.1, 0.15) is 16.2 Å². The molecule has 1 N–H and O–H groups in total. The number of nitrogens with zero attached hydrogens (tertiary/aromatic N) is 2. The summed E-state index contributed by atoms with van der Waals surface area (Å²) in [5.41, 5.74) is 0.611. The smallest absolute Gasteiger partial charge is 0.251 e. The Kier molecular flexibility index (Phi) is 6.28. The minimum absolute atomic E-state index is 0.137. The average Bonchev–Trinajstić information content (AvgIpc) is 2.91. The molecule has 2 rings (SSSR count). The highest BCUT2D eigenvalue weighted by atomic mass is 79.9. The van der Waals surface area contributed by atoms with Crippen molar-refractivity contribution in [3.8, 4) is 0 Å². The van der Waals surface area contributed by atoms with Gasteiger partial charge in [-0.3, -0.25) is 4.79 Å². The molecule has 0 bridgehead atoms. The summed E-state index contributed by atoms with van der Waals surface area (Å²) < 4.78 is 6.01. The molecule has 0 spiro atoms. The fourth-order valence-corrected chi connectivity index (χ4v) is 3.28. The molecule has 1 amide bonds. The van der Waals surface area contributed by atoms with Gasteiger partial charge in [-0.1, -0.05) is 27.7 Å². The van der Waals surface area contributed by atoms with Crippen molar-refractivity contribution in [2.45, 2.75) is 10.9 Å². The maximum Gasteiger partial charge on any atom is 0.251 e. The Balaban J connectivity index is 1.86. The molecular formula is C12H11BrClN3OS2. The monoisotopic (exact) mass is 391 g/mol. The summed E-state index contributed by atoms with van der Waals surface area (Å²) in [5, 5.41) is 2.80. The number of amides is 1. The van der Waals surface area contributed by atoms with Crippen LogP contribution in [-0.4, -0.2) is 26.9 Å². The highest BCUT2D eigenvalue weighted by Crippen LogP contribution is 2.20. The second-order valence-electron chi connectivity index (χ2n) is 3.70. The van der Waals surface area contributed by atoms with Gasteiger partial charge < -0.3 is 5.32 Å². The van der Waals surface area contributed by atoms with E-state index in [9.17, 15) is 4.79 Å². The van der Waals surface area contributed by atoms with Crippen molar-refractivity contribution in [1.82, 2.24) is 14.7 Å². The summed E-state index contributed by atoms with van der Waals surface area (Å²) in [7, 11) is 0.